The average molecular weight is 270 g/mol. The van der Waals surface area contributed by atoms with Gasteiger partial charge in [-0.15, -0.1) is 11.3 Å². The fourth-order valence-corrected chi connectivity index (χ4v) is 4.50. The molecule has 1 heteroatoms. The molecule has 0 spiro atoms. The molecule has 0 aliphatic heterocycles. The summed E-state index contributed by atoms with van der Waals surface area (Å²) in [5.41, 5.74) is 4.84. The van der Waals surface area contributed by atoms with Gasteiger partial charge in [0.2, 0.25) is 0 Å². The fourth-order valence-electron chi connectivity index (χ4n) is 3.43. The Bertz CT molecular complexity index is 567. The number of fused-ring (bicyclic) bond motifs is 3. The lowest BCUT2D eigenvalue weighted by Gasteiger charge is -2.26. The Labute approximate surface area is 120 Å². The molecule has 1 aromatic heterocycles. The molecular formula is C18H22S. The number of rotatable bonds is 5. The number of benzene rings is 1. The van der Waals surface area contributed by atoms with Crippen molar-refractivity contribution in [2.45, 2.75) is 51.4 Å². The summed E-state index contributed by atoms with van der Waals surface area (Å²) in [4.78, 5) is 1.51. The van der Waals surface area contributed by atoms with Crippen LogP contribution in [0.4, 0.5) is 0 Å². The lowest BCUT2D eigenvalue weighted by Crippen LogP contribution is -2.20. The fraction of sp³-hybridized carbons (Fsp3) is 0.444. The Morgan fingerprint density at radius 1 is 1.00 bits per heavy atom. The van der Waals surface area contributed by atoms with Crippen molar-refractivity contribution in [2.75, 3.05) is 0 Å². The molecule has 0 bridgehead atoms. The summed E-state index contributed by atoms with van der Waals surface area (Å²) in [5.74, 6) is 0. The maximum absolute atomic E-state index is 2.44. The largest absolute Gasteiger partial charge is 0.143 e. The van der Waals surface area contributed by atoms with Crippen LogP contribution in [0.2, 0.25) is 0 Å². The molecule has 0 nitrogen and oxygen atoms in total. The zero-order valence-electron chi connectivity index (χ0n) is 11.9. The van der Waals surface area contributed by atoms with Gasteiger partial charge in [-0.2, -0.15) is 0 Å². The smallest absolute Gasteiger partial charge is 0.0386 e. The highest BCUT2D eigenvalue weighted by Crippen LogP contribution is 2.53. The Kier molecular flexibility index (Phi) is 3.49. The minimum Gasteiger partial charge on any atom is -0.143 e. The summed E-state index contributed by atoms with van der Waals surface area (Å²) in [6.07, 6.45) is 6.68. The minimum absolute atomic E-state index is 0.250. The third-order valence-electron chi connectivity index (χ3n) is 4.56. The first-order valence-corrected chi connectivity index (χ1v) is 8.33. The summed E-state index contributed by atoms with van der Waals surface area (Å²) in [6, 6.07) is 11.3. The second-order valence-corrected chi connectivity index (χ2v) is 6.77. The summed E-state index contributed by atoms with van der Waals surface area (Å²) < 4.78 is 0. The van der Waals surface area contributed by atoms with Crippen LogP contribution in [0.15, 0.2) is 35.7 Å². The van der Waals surface area contributed by atoms with Crippen molar-refractivity contribution < 1.29 is 0 Å². The van der Waals surface area contributed by atoms with E-state index < -0.39 is 0 Å². The van der Waals surface area contributed by atoms with Crippen LogP contribution in [0.25, 0.3) is 10.4 Å². The second-order valence-electron chi connectivity index (χ2n) is 5.85. The third kappa shape index (κ3) is 2.04. The molecule has 0 saturated heterocycles. The highest BCUT2D eigenvalue weighted by molar-refractivity contribution is 7.13. The Hall–Kier alpha value is -1.08. The van der Waals surface area contributed by atoms with Gasteiger partial charge in [0.25, 0.3) is 0 Å². The number of unbranched alkanes of at least 4 members (excludes halogenated alkanes) is 3. The van der Waals surface area contributed by atoms with E-state index in [4.69, 9.17) is 0 Å². The van der Waals surface area contributed by atoms with Gasteiger partial charge in [-0.3, -0.25) is 0 Å². The van der Waals surface area contributed by atoms with Crippen molar-refractivity contribution in [1.82, 2.24) is 0 Å². The molecule has 1 aliphatic rings. The highest BCUT2D eigenvalue weighted by Gasteiger charge is 2.39. The third-order valence-corrected chi connectivity index (χ3v) is 5.50. The van der Waals surface area contributed by atoms with Crippen LogP contribution in [0.1, 0.15) is 57.1 Å². The number of hydrogen-bond acceptors (Lipinski definition) is 1. The van der Waals surface area contributed by atoms with Crippen LogP contribution < -0.4 is 0 Å². The van der Waals surface area contributed by atoms with Crippen molar-refractivity contribution in [3.05, 3.63) is 46.8 Å². The molecule has 0 radical (unpaired) electrons. The molecule has 0 fully saturated rings. The normalized spacial score (nSPS) is 20.3. The quantitative estimate of drug-likeness (QED) is 0.584. The van der Waals surface area contributed by atoms with Crippen LogP contribution >= 0.6 is 11.3 Å². The summed E-state index contributed by atoms with van der Waals surface area (Å²) >= 11 is 1.90. The first kappa shape index (κ1) is 12.9. The van der Waals surface area contributed by atoms with Crippen LogP contribution in [0, 0.1) is 0 Å². The molecule has 1 aromatic carbocycles. The molecular weight excluding hydrogens is 248 g/mol. The van der Waals surface area contributed by atoms with E-state index in [-0.39, 0.29) is 5.41 Å². The summed E-state index contributed by atoms with van der Waals surface area (Å²) in [5, 5.41) is 2.25. The van der Waals surface area contributed by atoms with Crippen molar-refractivity contribution in [1.29, 1.82) is 0 Å². The topological polar surface area (TPSA) is 0 Å². The molecule has 100 valence electrons. The molecule has 1 aliphatic carbocycles. The van der Waals surface area contributed by atoms with Crippen LogP contribution in [-0.4, -0.2) is 0 Å². The number of thiophene rings is 1. The first-order chi connectivity index (χ1) is 9.27. The molecule has 19 heavy (non-hydrogen) atoms. The van der Waals surface area contributed by atoms with Gasteiger partial charge in [0, 0.05) is 10.3 Å². The monoisotopic (exact) mass is 270 g/mol. The van der Waals surface area contributed by atoms with Gasteiger partial charge in [-0.25, -0.2) is 0 Å². The SMILES string of the molecule is CCCCCCC1(C)c2ccccc2-c2sccc21. The second kappa shape index (κ2) is 5.13. The summed E-state index contributed by atoms with van der Waals surface area (Å²) in [6.45, 7) is 4.72. The average Bonchev–Trinajstić information content (AvgIpc) is 3.00. The van der Waals surface area contributed by atoms with Crippen LogP contribution in [0.3, 0.4) is 0 Å². The van der Waals surface area contributed by atoms with Gasteiger partial charge < -0.3 is 0 Å². The molecule has 0 N–H and O–H groups in total. The zero-order chi connectivity index (χ0) is 13.3. The zero-order valence-corrected chi connectivity index (χ0v) is 12.7. The van der Waals surface area contributed by atoms with Gasteiger partial charge in [0.15, 0.2) is 0 Å². The maximum Gasteiger partial charge on any atom is 0.0386 e. The lowest BCUT2D eigenvalue weighted by molar-refractivity contribution is 0.487. The molecule has 0 amide bonds. The predicted molar refractivity (Wildman–Crippen MR) is 85.0 cm³/mol. The lowest BCUT2D eigenvalue weighted by atomic mass is 9.76. The van der Waals surface area contributed by atoms with Crippen LogP contribution in [-0.2, 0) is 5.41 Å². The van der Waals surface area contributed by atoms with Crippen molar-refractivity contribution in [3.8, 4) is 10.4 Å². The first-order valence-electron chi connectivity index (χ1n) is 7.45. The van der Waals surface area contributed by atoms with E-state index in [1.165, 1.54) is 42.5 Å². The molecule has 3 rings (SSSR count). The van der Waals surface area contributed by atoms with Gasteiger partial charge in [-0.1, -0.05) is 63.8 Å². The van der Waals surface area contributed by atoms with Crippen molar-refractivity contribution in [3.63, 3.8) is 0 Å². The number of hydrogen-bond donors (Lipinski definition) is 0. The minimum atomic E-state index is 0.250. The van der Waals surface area contributed by atoms with Crippen LogP contribution in [0.5, 0.6) is 0 Å². The van der Waals surface area contributed by atoms with E-state index in [0.717, 1.165) is 0 Å². The molecule has 0 saturated carbocycles. The van der Waals surface area contributed by atoms with Gasteiger partial charge in [-0.05, 0) is 34.6 Å². The van der Waals surface area contributed by atoms with Crippen molar-refractivity contribution >= 4 is 11.3 Å². The highest BCUT2D eigenvalue weighted by atomic mass is 32.1. The standard InChI is InChI=1S/C18H22S/c1-3-4-5-8-12-18(2)15-10-7-6-9-14(15)17-16(18)11-13-19-17/h6-7,9-11,13H,3-5,8,12H2,1-2H3. The Morgan fingerprint density at radius 2 is 1.84 bits per heavy atom. The van der Waals surface area contributed by atoms with E-state index in [9.17, 15) is 0 Å². The van der Waals surface area contributed by atoms with Gasteiger partial charge in [0.05, 0.1) is 0 Å². The van der Waals surface area contributed by atoms with Crippen molar-refractivity contribution in [2.24, 2.45) is 0 Å². The van der Waals surface area contributed by atoms with Gasteiger partial charge in [0.1, 0.15) is 0 Å². The molecule has 1 atom stereocenters. The molecule has 1 heterocycles. The molecule has 1 unspecified atom stereocenters. The van der Waals surface area contributed by atoms with E-state index >= 15 is 0 Å². The Balaban J connectivity index is 1.93. The van der Waals surface area contributed by atoms with E-state index in [1.54, 1.807) is 11.1 Å². The molecule has 2 aromatic rings. The van der Waals surface area contributed by atoms with Gasteiger partial charge >= 0.3 is 0 Å². The van der Waals surface area contributed by atoms with E-state index in [0.29, 0.717) is 0 Å². The maximum atomic E-state index is 2.44. The summed E-state index contributed by atoms with van der Waals surface area (Å²) in [7, 11) is 0. The Morgan fingerprint density at radius 3 is 2.68 bits per heavy atom. The van der Waals surface area contributed by atoms with E-state index in [1.807, 2.05) is 11.3 Å². The van der Waals surface area contributed by atoms with E-state index in [2.05, 4.69) is 49.6 Å². The predicted octanol–water partition coefficient (Wildman–Crippen LogP) is 6.00.